The summed E-state index contributed by atoms with van der Waals surface area (Å²) in [5.41, 5.74) is 2.19. The normalized spacial score (nSPS) is 33.5. The van der Waals surface area contributed by atoms with Crippen LogP contribution < -0.4 is 5.32 Å². The van der Waals surface area contributed by atoms with E-state index < -0.39 is 10.0 Å². The SMILES string of the molecule is Cc1ccc(S(=O)(=O)N2CCC(C(=O)NCC34CC5CC(CC(C5)C3)C4)CC2)c(C)c1. The van der Waals surface area contributed by atoms with E-state index in [1.165, 1.54) is 38.5 Å². The molecule has 5 nitrogen and oxygen atoms in total. The monoisotopic (exact) mass is 444 g/mol. The van der Waals surface area contributed by atoms with Crippen molar-refractivity contribution in [3.8, 4) is 0 Å². The van der Waals surface area contributed by atoms with E-state index in [1.807, 2.05) is 26.0 Å². The summed E-state index contributed by atoms with van der Waals surface area (Å²) in [5, 5.41) is 3.30. The molecule has 1 saturated heterocycles. The van der Waals surface area contributed by atoms with Crippen molar-refractivity contribution in [1.82, 2.24) is 9.62 Å². The Bertz CT molecular complexity index is 928. The number of aryl methyl sites for hydroxylation is 2. The average molecular weight is 445 g/mol. The minimum absolute atomic E-state index is 0.0699. The van der Waals surface area contributed by atoms with Crippen LogP contribution in [0.15, 0.2) is 23.1 Å². The van der Waals surface area contributed by atoms with E-state index in [1.54, 1.807) is 10.4 Å². The molecular weight excluding hydrogens is 408 g/mol. The number of piperidine rings is 1. The third-order valence-corrected chi connectivity index (χ3v) is 10.6. The zero-order valence-corrected chi connectivity index (χ0v) is 19.7. The average Bonchev–Trinajstić information content (AvgIpc) is 2.71. The maximum atomic E-state index is 13.1. The number of benzene rings is 1. The van der Waals surface area contributed by atoms with Crippen LogP contribution in [0, 0.1) is 42.9 Å². The van der Waals surface area contributed by atoms with Gasteiger partial charge in [-0.15, -0.1) is 0 Å². The molecule has 0 spiro atoms. The number of amides is 1. The second-order valence-electron chi connectivity index (χ2n) is 11.1. The lowest BCUT2D eigenvalue weighted by Crippen LogP contribution is -2.52. The molecule has 0 unspecified atom stereocenters. The third-order valence-electron chi connectivity index (χ3n) is 8.58. The summed E-state index contributed by atoms with van der Waals surface area (Å²) in [5.74, 6) is 2.74. The molecule has 0 aromatic heterocycles. The van der Waals surface area contributed by atoms with E-state index in [0.717, 1.165) is 35.4 Å². The van der Waals surface area contributed by atoms with Gasteiger partial charge in [0.1, 0.15) is 0 Å². The molecule has 1 aliphatic heterocycles. The zero-order valence-electron chi connectivity index (χ0n) is 18.9. The maximum absolute atomic E-state index is 13.1. The first-order valence-electron chi connectivity index (χ1n) is 12.1. The first-order valence-corrected chi connectivity index (χ1v) is 13.5. The Hall–Kier alpha value is -1.40. The number of hydrogen-bond donors (Lipinski definition) is 1. The minimum Gasteiger partial charge on any atom is -0.355 e. The van der Waals surface area contributed by atoms with Gasteiger partial charge in [-0.05, 0) is 100 Å². The van der Waals surface area contributed by atoms with Crippen LogP contribution in [-0.4, -0.2) is 38.3 Å². The Balaban J connectivity index is 1.17. The summed E-state index contributed by atoms with van der Waals surface area (Å²) in [6.07, 6.45) is 9.36. The van der Waals surface area contributed by atoms with Gasteiger partial charge in [0, 0.05) is 25.6 Å². The largest absolute Gasteiger partial charge is 0.355 e. The van der Waals surface area contributed by atoms with Gasteiger partial charge < -0.3 is 5.32 Å². The van der Waals surface area contributed by atoms with E-state index in [9.17, 15) is 13.2 Å². The summed E-state index contributed by atoms with van der Waals surface area (Å²) in [7, 11) is -3.50. The van der Waals surface area contributed by atoms with Crippen molar-refractivity contribution in [2.75, 3.05) is 19.6 Å². The van der Waals surface area contributed by atoms with Crippen molar-refractivity contribution in [2.45, 2.75) is 70.1 Å². The molecule has 5 fully saturated rings. The van der Waals surface area contributed by atoms with Gasteiger partial charge in [0.2, 0.25) is 15.9 Å². The number of carbonyl (C=O) groups is 1. The highest BCUT2D eigenvalue weighted by Gasteiger charge is 2.50. The number of nitrogens with one attached hydrogen (secondary N) is 1. The van der Waals surface area contributed by atoms with Gasteiger partial charge in [0.05, 0.1) is 4.90 Å². The van der Waals surface area contributed by atoms with E-state index in [2.05, 4.69) is 5.32 Å². The molecular formula is C25H36N2O3S. The fourth-order valence-corrected chi connectivity index (χ4v) is 9.19. The van der Waals surface area contributed by atoms with E-state index in [0.29, 0.717) is 36.2 Å². The van der Waals surface area contributed by atoms with Crippen LogP contribution in [0.4, 0.5) is 0 Å². The summed E-state index contributed by atoms with van der Waals surface area (Å²) < 4.78 is 27.8. The summed E-state index contributed by atoms with van der Waals surface area (Å²) in [6, 6.07) is 5.48. The Morgan fingerprint density at radius 3 is 2.16 bits per heavy atom. The van der Waals surface area contributed by atoms with Gasteiger partial charge in [-0.25, -0.2) is 8.42 Å². The lowest BCUT2D eigenvalue weighted by Gasteiger charge is -2.57. The van der Waals surface area contributed by atoms with Crippen molar-refractivity contribution in [1.29, 1.82) is 0 Å². The Kier molecular flexibility index (Phi) is 5.45. The van der Waals surface area contributed by atoms with E-state index in [4.69, 9.17) is 0 Å². The number of hydrogen-bond acceptors (Lipinski definition) is 3. The highest BCUT2D eigenvalue weighted by Crippen LogP contribution is 2.59. The second kappa shape index (κ2) is 7.87. The van der Waals surface area contributed by atoms with Gasteiger partial charge in [-0.2, -0.15) is 4.31 Å². The smallest absolute Gasteiger partial charge is 0.243 e. The van der Waals surface area contributed by atoms with Crippen molar-refractivity contribution < 1.29 is 13.2 Å². The second-order valence-corrected chi connectivity index (χ2v) is 13.0. The van der Waals surface area contributed by atoms with E-state index >= 15 is 0 Å². The van der Waals surface area contributed by atoms with Crippen LogP contribution >= 0.6 is 0 Å². The molecule has 4 aliphatic carbocycles. The topological polar surface area (TPSA) is 66.5 Å². The predicted octanol–water partition coefficient (Wildman–Crippen LogP) is 4.04. The maximum Gasteiger partial charge on any atom is 0.243 e. The summed E-state index contributed by atoms with van der Waals surface area (Å²) >= 11 is 0. The zero-order chi connectivity index (χ0) is 21.8. The molecule has 0 radical (unpaired) electrons. The minimum atomic E-state index is -3.50. The van der Waals surface area contributed by atoms with Crippen LogP contribution in [-0.2, 0) is 14.8 Å². The highest BCUT2D eigenvalue weighted by atomic mass is 32.2. The highest BCUT2D eigenvalue weighted by molar-refractivity contribution is 7.89. The van der Waals surface area contributed by atoms with Gasteiger partial charge in [0.15, 0.2) is 0 Å². The summed E-state index contributed by atoms with van der Waals surface area (Å²) in [4.78, 5) is 13.3. The molecule has 31 heavy (non-hydrogen) atoms. The van der Waals surface area contributed by atoms with Crippen molar-refractivity contribution in [2.24, 2.45) is 29.1 Å². The quantitative estimate of drug-likeness (QED) is 0.745. The van der Waals surface area contributed by atoms with Crippen molar-refractivity contribution >= 4 is 15.9 Å². The molecule has 5 aliphatic rings. The molecule has 6 heteroatoms. The van der Waals surface area contributed by atoms with Gasteiger partial charge in [0.25, 0.3) is 0 Å². The molecule has 4 bridgehead atoms. The number of carbonyl (C=O) groups excluding carboxylic acids is 1. The first kappa shape index (κ1) is 21.4. The fourth-order valence-electron chi connectivity index (χ4n) is 7.51. The Morgan fingerprint density at radius 2 is 1.61 bits per heavy atom. The van der Waals surface area contributed by atoms with Crippen LogP contribution in [0.5, 0.6) is 0 Å². The summed E-state index contributed by atoms with van der Waals surface area (Å²) in [6.45, 7) is 5.49. The lowest BCUT2D eigenvalue weighted by atomic mass is 9.49. The lowest BCUT2D eigenvalue weighted by molar-refractivity contribution is -0.128. The standard InChI is InChI=1S/C25H36N2O3S/c1-17-3-4-23(18(2)9-17)31(29,30)27-7-5-22(6-8-27)24(28)26-16-25-13-19-10-20(14-25)12-21(11-19)15-25/h3-4,9,19-22H,5-8,10-16H2,1-2H3,(H,26,28). The number of nitrogens with zero attached hydrogens (tertiary/aromatic N) is 1. The molecule has 1 aromatic rings. The Morgan fingerprint density at radius 1 is 1.03 bits per heavy atom. The molecule has 1 aromatic carbocycles. The van der Waals surface area contributed by atoms with Gasteiger partial charge in [-0.3, -0.25) is 4.79 Å². The van der Waals surface area contributed by atoms with E-state index in [-0.39, 0.29) is 11.8 Å². The molecule has 1 amide bonds. The first-order chi connectivity index (χ1) is 14.7. The van der Waals surface area contributed by atoms with Crippen LogP contribution in [0.3, 0.4) is 0 Å². The molecule has 0 atom stereocenters. The fraction of sp³-hybridized carbons (Fsp3) is 0.720. The van der Waals surface area contributed by atoms with Crippen LogP contribution in [0.1, 0.15) is 62.5 Å². The van der Waals surface area contributed by atoms with Crippen LogP contribution in [0.25, 0.3) is 0 Å². The molecule has 1 N–H and O–H groups in total. The van der Waals surface area contributed by atoms with Crippen molar-refractivity contribution in [3.63, 3.8) is 0 Å². The predicted molar refractivity (Wildman–Crippen MR) is 121 cm³/mol. The van der Waals surface area contributed by atoms with Crippen molar-refractivity contribution in [3.05, 3.63) is 29.3 Å². The number of rotatable bonds is 5. The molecule has 170 valence electrons. The number of sulfonamides is 1. The third kappa shape index (κ3) is 4.06. The van der Waals surface area contributed by atoms with Gasteiger partial charge in [-0.1, -0.05) is 17.7 Å². The molecule has 6 rings (SSSR count). The van der Waals surface area contributed by atoms with Crippen LogP contribution in [0.2, 0.25) is 0 Å². The molecule has 1 heterocycles. The molecule has 4 saturated carbocycles. The Labute approximate surface area is 187 Å². The van der Waals surface area contributed by atoms with Gasteiger partial charge >= 0.3 is 0 Å².